The van der Waals surface area contributed by atoms with Gasteiger partial charge in [-0.25, -0.2) is 5.43 Å². The molecule has 0 saturated heterocycles. The molecule has 92 valence electrons. The quantitative estimate of drug-likeness (QED) is 0.561. The lowest BCUT2D eigenvalue weighted by atomic mass is 9.97. The maximum absolute atomic E-state index is 5.75. The van der Waals surface area contributed by atoms with Crippen LogP contribution in [0, 0.1) is 5.92 Å². The third kappa shape index (κ3) is 2.81. The standard InChI is InChI=1S/C11H22N4O/c1-5-16-11(8(2)3)10(14-12)9-6-7-13-15(9)4/h6-8,10-11,14H,5,12H2,1-4H3. The molecule has 2 atom stereocenters. The zero-order valence-electron chi connectivity index (χ0n) is 10.5. The molecule has 3 N–H and O–H groups in total. The Hall–Kier alpha value is -0.910. The van der Waals surface area contributed by atoms with E-state index in [0.717, 1.165) is 5.69 Å². The van der Waals surface area contributed by atoms with E-state index in [1.165, 1.54) is 0 Å². The van der Waals surface area contributed by atoms with Gasteiger partial charge in [-0.2, -0.15) is 5.10 Å². The van der Waals surface area contributed by atoms with Gasteiger partial charge in [-0.05, 0) is 18.9 Å². The van der Waals surface area contributed by atoms with Crippen LogP contribution >= 0.6 is 0 Å². The van der Waals surface area contributed by atoms with Crippen LogP contribution in [0.1, 0.15) is 32.5 Å². The van der Waals surface area contributed by atoms with Gasteiger partial charge in [0.25, 0.3) is 0 Å². The van der Waals surface area contributed by atoms with Gasteiger partial charge in [0.15, 0.2) is 0 Å². The number of aromatic nitrogens is 2. The number of nitrogens with two attached hydrogens (primary N) is 1. The summed E-state index contributed by atoms with van der Waals surface area (Å²) in [6, 6.07) is 1.92. The summed E-state index contributed by atoms with van der Waals surface area (Å²) in [6.45, 7) is 6.92. The molecule has 5 nitrogen and oxygen atoms in total. The van der Waals surface area contributed by atoms with Crippen LogP contribution in [0.15, 0.2) is 12.3 Å². The Balaban J connectivity index is 2.90. The van der Waals surface area contributed by atoms with Gasteiger partial charge in [-0.1, -0.05) is 13.8 Å². The Labute approximate surface area is 96.9 Å². The fraction of sp³-hybridized carbons (Fsp3) is 0.727. The summed E-state index contributed by atoms with van der Waals surface area (Å²) in [5.41, 5.74) is 3.86. The first-order valence-electron chi connectivity index (χ1n) is 5.67. The van der Waals surface area contributed by atoms with Crippen molar-refractivity contribution in [3.05, 3.63) is 18.0 Å². The van der Waals surface area contributed by atoms with E-state index in [1.54, 1.807) is 6.20 Å². The molecule has 0 saturated carbocycles. The Morgan fingerprint density at radius 1 is 1.56 bits per heavy atom. The highest BCUT2D eigenvalue weighted by atomic mass is 16.5. The van der Waals surface area contributed by atoms with Crippen LogP contribution in [0.5, 0.6) is 0 Å². The number of nitrogens with one attached hydrogen (secondary N) is 1. The normalized spacial score (nSPS) is 15.4. The minimum atomic E-state index is -0.0348. The monoisotopic (exact) mass is 226 g/mol. The fourth-order valence-electron chi connectivity index (χ4n) is 1.90. The van der Waals surface area contributed by atoms with Gasteiger partial charge in [-0.3, -0.25) is 10.5 Å². The van der Waals surface area contributed by atoms with Crippen molar-refractivity contribution in [2.45, 2.75) is 32.9 Å². The molecule has 0 amide bonds. The molecule has 1 aromatic heterocycles. The van der Waals surface area contributed by atoms with Crippen LogP contribution < -0.4 is 11.3 Å². The van der Waals surface area contributed by atoms with Gasteiger partial charge in [0.2, 0.25) is 0 Å². The lowest BCUT2D eigenvalue weighted by Gasteiger charge is -2.29. The van der Waals surface area contributed by atoms with Crippen molar-refractivity contribution in [1.29, 1.82) is 0 Å². The van der Waals surface area contributed by atoms with Crippen LogP contribution in [-0.4, -0.2) is 22.5 Å². The summed E-state index contributed by atoms with van der Waals surface area (Å²) in [5.74, 6) is 6.02. The van der Waals surface area contributed by atoms with Crippen LogP contribution in [0.25, 0.3) is 0 Å². The van der Waals surface area contributed by atoms with Crippen LogP contribution in [0.2, 0.25) is 0 Å². The molecule has 0 aliphatic carbocycles. The van der Waals surface area contributed by atoms with Crippen LogP contribution in [0.4, 0.5) is 0 Å². The van der Waals surface area contributed by atoms with Gasteiger partial charge in [0.1, 0.15) is 0 Å². The second-order valence-electron chi connectivity index (χ2n) is 4.19. The zero-order valence-corrected chi connectivity index (χ0v) is 10.5. The number of hydrogen-bond donors (Lipinski definition) is 2. The van der Waals surface area contributed by atoms with Crippen molar-refractivity contribution in [2.24, 2.45) is 18.8 Å². The summed E-state index contributed by atoms with van der Waals surface area (Å²) in [4.78, 5) is 0. The highest BCUT2D eigenvalue weighted by molar-refractivity contribution is 5.09. The van der Waals surface area contributed by atoms with E-state index in [0.29, 0.717) is 12.5 Å². The average molecular weight is 226 g/mol. The molecule has 16 heavy (non-hydrogen) atoms. The molecule has 0 aliphatic heterocycles. The molecular formula is C11H22N4O. The summed E-state index contributed by atoms with van der Waals surface area (Å²) in [6.07, 6.45) is 1.81. The van der Waals surface area contributed by atoms with Crippen molar-refractivity contribution in [3.63, 3.8) is 0 Å². The van der Waals surface area contributed by atoms with Crippen molar-refractivity contribution >= 4 is 0 Å². The highest BCUT2D eigenvalue weighted by Crippen LogP contribution is 2.23. The number of rotatable bonds is 6. The lowest BCUT2D eigenvalue weighted by Crippen LogP contribution is -2.41. The maximum Gasteiger partial charge on any atom is 0.0892 e. The minimum Gasteiger partial charge on any atom is -0.376 e. The summed E-state index contributed by atoms with van der Waals surface area (Å²) < 4.78 is 7.57. The molecule has 2 unspecified atom stereocenters. The van der Waals surface area contributed by atoms with Crippen LogP contribution in [-0.2, 0) is 11.8 Å². The number of ether oxygens (including phenoxy) is 1. The molecule has 0 spiro atoms. The molecule has 5 heteroatoms. The Bertz CT molecular complexity index is 311. The fourth-order valence-corrected chi connectivity index (χ4v) is 1.90. The van der Waals surface area contributed by atoms with Crippen molar-refractivity contribution < 1.29 is 4.74 Å². The largest absolute Gasteiger partial charge is 0.376 e. The second-order valence-corrected chi connectivity index (χ2v) is 4.19. The third-order valence-electron chi connectivity index (χ3n) is 2.70. The third-order valence-corrected chi connectivity index (χ3v) is 2.70. The Morgan fingerprint density at radius 3 is 2.62 bits per heavy atom. The Morgan fingerprint density at radius 2 is 2.25 bits per heavy atom. The van der Waals surface area contributed by atoms with E-state index in [2.05, 4.69) is 24.4 Å². The number of nitrogens with zero attached hydrogens (tertiary/aromatic N) is 2. The molecule has 0 bridgehead atoms. The van der Waals surface area contributed by atoms with E-state index in [4.69, 9.17) is 10.6 Å². The molecular weight excluding hydrogens is 204 g/mol. The van der Waals surface area contributed by atoms with Gasteiger partial charge >= 0.3 is 0 Å². The lowest BCUT2D eigenvalue weighted by molar-refractivity contribution is 0.000901. The number of hydrazine groups is 1. The Kier molecular flexibility index (Phi) is 4.92. The van der Waals surface area contributed by atoms with E-state index in [9.17, 15) is 0 Å². The number of hydrogen-bond acceptors (Lipinski definition) is 4. The molecule has 1 aromatic rings. The van der Waals surface area contributed by atoms with Crippen molar-refractivity contribution in [3.8, 4) is 0 Å². The van der Waals surface area contributed by atoms with E-state index >= 15 is 0 Å². The first-order valence-corrected chi connectivity index (χ1v) is 5.67. The first-order chi connectivity index (χ1) is 7.61. The molecule has 0 radical (unpaired) electrons. The predicted octanol–water partition coefficient (Wildman–Crippen LogP) is 0.986. The second kappa shape index (κ2) is 5.98. The van der Waals surface area contributed by atoms with Gasteiger partial charge < -0.3 is 4.74 Å². The SMILES string of the molecule is CCOC(C(C)C)C(NN)c1ccnn1C. The van der Waals surface area contributed by atoms with Gasteiger partial charge in [-0.15, -0.1) is 0 Å². The van der Waals surface area contributed by atoms with E-state index < -0.39 is 0 Å². The average Bonchev–Trinajstić information content (AvgIpc) is 2.65. The summed E-state index contributed by atoms with van der Waals surface area (Å²) in [7, 11) is 1.91. The molecule has 0 aliphatic rings. The van der Waals surface area contributed by atoms with Crippen LogP contribution in [0.3, 0.4) is 0 Å². The summed E-state index contributed by atoms with van der Waals surface area (Å²) in [5, 5.41) is 4.15. The molecule has 0 aromatic carbocycles. The van der Waals surface area contributed by atoms with Crippen molar-refractivity contribution in [1.82, 2.24) is 15.2 Å². The topological polar surface area (TPSA) is 65.1 Å². The van der Waals surface area contributed by atoms with Gasteiger partial charge in [0, 0.05) is 19.9 Å². The predicted molar refractivity (Wildman–Crippen MR) is 63.5 cm³/mol. The van der Waals surface area contributed by atoms with Gasteiger partial charge in [0.05, 0.1) is 17.8 Å². The van der Waals surface area contributed by atoms with E-state index in [-0.39, 0.29) is 12.1 Å². The smallest absolute Gasteiger partial charge is 0.0892 e. The van der Waals surface area contributed by atoms with E-state index in [1.807, 2.05) is 24.7 Å². The zero-order chi connectivity index (χ0) is 12.1. The molecule has 1 rings (SSSR count). The first kappa shape index (κ1) is 13.2. The van der Waals surface area contributed by atoms with Crippen molar-refractivity contribution in [2.75, 3.05) is 6.61 Å². The maximum atomic E-state index is 5.75. The highest BCUT2D eigenvalue weighted by Gasteiger charge is 2.27. The molecule has 1 heterocycles. The minimum absolute atomic E-state index is 0.0348. The summed E-state index contributed by atoms with van der Waals surface area (Å²) >= 11 is 0. The molecule has 0 fully saturated rings. The number of aryl methyl sites for hydroxylation is 1.